The van der Waals surface area contributed by atoms with E-state index in [4.69, 9.17) is 0 Å². The van der Waals surface area contributed by atoms with Crippen molar-refractivity contribution in [3.63, 3.8) is 0 Å². The molecule has 0 spiro atoms. The van der Waals surface area contributed by atoms with Gasteiger partial charge in [-0.05, 0) is 46.5 Å². The highest BCUT2D eigenvalue weighted by atomic mass is 32.1. The average Bonchev–Trinajstić information content (AvgIpc) is 3.15. The molecule has 4 nitrogen and oxygen atoms in total. The van der Waals surface area contributed by atoms with Crippen LogP contribution in [0, 0.1) is 0 Å². The molecule has 0 radical (unpaired) electrons. The van der Waals surface area contributed by atoms with Gasteiger partial charge >= 0.3 is 0 Å². The van der Waals surface area contributed by atoms with Crippen LogP contribution < -0.4 is 5.32 Å². The van der Waals surface area contributed by atoms with E-state index in [2.05, 4.69) is 33.9 Å². The maximum atomic E-state index is 11.9. The van der Waals surface area contributed by atoms with Gasteiger partial charge in [-0.3, -0.25) is 4.79 Å². The Balaban J connectivity index is 1.63. The van der Waals surface area contributed by atoms with Gasteiger partial charge in [0.25, 0.3) is 0 Å². The Labute approximate surface area is 133 Å². The summed E-state index contributed by atoms with van der Waals surface area (Å²) >= 11 is 1.61. The molecule has 0 aliphatic rings. The van der Waals surface area contributed by atoms with Gasteiger partial charge in [0.1, 0.15) is 0 Å². The quantitative estimate of drug-likeness (QED) is 0.758. The summed E-state index contributed by atoms with van der Waals surface area (Å²) in [6.45, 7) is 3.68. The van der Waals surface area contributed by atoms with E-state index in [1.807, 2.05) is 29.2 Å². The van der Waals surface area contributed by atoms with E-state index in [9.17, 15) is 4.79 Å². The van der Waals surface area contributed by atoms with E-state index < -0.39 is 0 Å². The van der Waals surface area contributed by atoms with Crippen molar-refractivity contribution >= 4 is 28.3 Å². The normalized spacial score (nSPS) is 11.0. The monoisotopic (exact) mass is 313 g/mol. The number of thiophene rings is 1. The zero-order valence-corrected chi connectivity index (χ0v) is 13.4. The first-order valence-corrected chi connectivity index (χ1v) is 8.42. The number of benzene rings is 1. The van der Waals surface area contributed by atoms with Crippen LogP contribution in [0.4, 0.5) is 0 Å². The Morgan fingerprint density at radius 3 is 3.00 bits per heavy atom. The number of amides is 1. The van der Waals surface area contributed by atoms with E-state index in [-0.39, 0.29) is 5.91 Å². The molecule has 1 amide bonds. The molecule has 0 saturated carbocycles. The molecule has 3 rings (SSSR count). The molecule has 0 saturated heterocycles. The number of hydrogen-bond donors (Lipinski definition) is 1. The van der Waals surface area contributed by atoms with Crippen LogP contribution in [-0.4, -0.2) is 15.5 Å². The molecule has 1 aromatic carbocycles. The maximum Gasteiger partial charge on any atom is 0.224 e. The molecule has 1 N–H and O–H groups in total. The van der Waals surface area contributed by atoms with Gasteiger partial charge in [-0.1, -0.05) is 13.0 Å². The highest BCUT2D eigenvalue weighted by Crippen LogP contribution is 2.15. The second-order valence-electron chi connectivity index (χ2n) is 5.35. The second-order valence-corrected chi connectivity index (χ2v) is 6.13. The maximum absolute atomic E-state index is 11.9. The summed E-state index contributed by atoms with van der Waals surface area (Å²) in [6, 6.07) is 8.17. The molecule has 22 heavy (non-hydrogen) atoms. The molecule has 0 fully saturated rings. The lowest BCUT2D eigenvalue weighted by Crippen LogP contribution is -2.24. The van der Waals surface area contributed by atoms with Crippen molar-refractivity contribution in [3.8, 4) is 0 Å². The van der Waals surface area contributed by atoms with Crippen LogP contribution in [0.3, 0.4) is 0 Å². The molecule has 0 unspecified atom stereocenters. The number of fused-ring (bicyclic) bond motifs is 1. The molecule has 0 aliphatic heterocycles. The van der Waals surface area contributed by atoms with Crippen LogP contribution in [0.5, 0.6) is 0 Å². The molecule has 0 bridgehead atoms. The lowest BCUT2D eigenvalue weighted by Gasteiger charge is -2.06. The molecule has 3 aromatic rings. The molecule has 2 aromatic heterocycles. The van der Waals surface area contributed by atoms with Gasteiger partial charge in [0, 0.05) is 13.1 Å². The van der Waals surface area contributed by atoms with Crippen molar-refractivity contribution in [2.75, 3.05) is 0 Å². The van der Waals surface area contributed by atoms with E-state index in [0.717, 1.165) is 35.1 Å². The number of carbonyl (C=O) groups is 1. The van der Waals surface area contributed by atoms with Crippen LogP contribution in [0.15, 0.2) is 41.4 Å². The Hall–Kier alpha value is -2.14. The smallest absolute Gasteiger partial charge is 0.224 e. The number of nitrogens with one attached hydrogen (secondary N) is 1. The molecular weight excluding hydrogens is 294 g/mol. The highest BCUT2D eigenvalue weighted by molar-refractivity contribution is 7.07. The minimum Gasteiger partial charge on any atom is -0.352 e. The van der Waals surface area contributed by atoms with Gasteiger partial charge in [-0.2, -0.15) is 11.3 Å². The number of carbonyl (C=O) groups excluding carboxylic acids is 1. The van der Waals surface area contributed by atoms with Crippen molar-refractivity contribution in [2.45, 2.75) is 32.9 Å². The molecule has 2 heterocycles. The summed E-state index contributed by atoms with van der Waals surface area (Å²) in [4.78, 5) is 16.3. The Morgan fingerprint density at radius 1 is 1.32 bits per heavy atom. The first-order chi connectivity index (χ1) is 10.8. The Morgan fingerprint density at radius 2 is 2.23 bits per heavy atom. The summed E-state index contributed by atoms with van der Waals surface area (Å²) in [5.41, 5.74) is 4.28. The minimum atomic E-state index is 0.0509. The topological polar surface area (TPSA) is 46.9 Å². The zero-order chi connectivity index (χ0) is 15.4. The predicted molar refractivity (Wildman–Crippen MR) is 89.9 cm³/mol. The van der Waals surface area contributed by atoms with Crippen molar-refractivity contribution < 1.29 is 4.79 Å². The number of rotatable bonds is 6. The minimum absolute atomic E-state index is 0.0509. The molecule has 5 heteroatoms. The third kappa shape index (κ3) is 3.36. The molecule has 114 valence electrons. The number of aryl methyl sites for hydroxylation is 1. The largest absolute Gasteiger partial charge is 0.352 e. The van der Waals surface area contributed by atoms with Gasteiger partial charge in [-0.25, -0.2) is 4.98 Å². The van der Waals surface area contributed by atoms with E-state index in [1.54, 1.807) is 11.3 Å². The number of imidazole rings is 1. The second kappa shape index (κ2) is 6.75. The van der Waals surface area contributed by atoms with Gasteiger partial charge < -0.3 is 9.88 Å². The fraction of sp³-hybridized carbons (Fsp3) is 0.294. The zero-order valence-electron chi connectivity index (χ0n) is 12.6. The number of aromatic nitrogens is 2. The van der Waals surface area contributed by atoms with Gasteiger partial charge in [0.15, 0.2) is 0 Å². The third-order valence-corrected chi connectivity index (χ3v) is 4.32. The lowest BCUT2D eigenvalue weighted by atomic mass is 10.2. The fourth-order valence-electron chi connectivity index (χ4n) is 2.48. The summed E-state index contributed by atoms with van der Waals surface area (Å²) in [7, 11) is 0. The summed E-state index contributed by atoms with van der Waals surface area (Å²) < 4.78 is 2.16. The molecule has 0 aliphatic carbocycles. The van der Waals surface area contributed by atoms with Crippen LogP contribution >= 0.6 is 11.3 Å². The van der Waals surface area contributed by atoms with Crippen LogP contribution in [-0.2, 0) is 24.3 Å². The van der Waals surface area contributed by atoms with Crippen molar-refractivity contribution in [2.24, 2.45) is 0 Å². The predicted octanol–water partition coefficient (Wildman–Crippen LogP) is 3.37. The summed E-state index contributed by atoms with van der Waals surface area (Å²) in [5.74, 6) is 0.0509. The summed E-state index contributed by atoms with van der Waals surface area (Å²) in [5, 5.41) is 6.96. The number of nitrogens with zero attached hydrogens (tertiary/aromatic N) is 2. The van der Waals surface area contributed by atoms with Crippen molar-refractivity contribution in [1.29, 1.82) is 0 Å². The average molecular weight is 313 g/mol. The van der Waals surface area contributed by atoms with Crippen molar-refractivity contribution in [1.82, 2.24) is 14.9 Å². The molecular formula is C17H19N3OS. The Kier molecular flexibility index (Phi) is 4.53. The lowest BCUT2D eigenvalue weighted by molar-refractivity contribution is -0.120. The summed E-state index contributed by atoms with van der Waals surface area (Å²) in [6.07, 6.45) is 3.41. The van der Waals surface area contributed by atoms with Crippen LogP contribution in [0.1, 0.15) is 24.5 Å². The Bertz CT molecular complexity index is 761. The fourth-order valence-corrected chi connectivity index (χ4v) is 3.15. The van der Waals surface area contributed by atoms with Gasteiger partial charge in [-0.15, -0.1) is 0 Å². The van der Waals surface area contributed by atoms with E-state index in [0.29, 0.717) is 13.0 Å². The van der Waals surface area contributed by atoms with Gasteiger partial charge in [0.2, 0.25) is 5.91 Å². The first-order valence-electron chi connectivity index (χ1n) is 7.48. The first kappa shape index (κ1) is 14.8. The highest BCUT2D eigenvalue weighted by Gasteiger charge is 2.06. The van der Waals surface area contributed by atoms with Crippen LogP contribution in [0.25, 0.3) is 11.0 Å². The van der Waals surface area contributed by atoms with Crippen LogP contribution in [0.2, 0.25) is 0 Å². The number of hydrogen-bond acceptors (Lipinski definition) is 3. The van der Waals surface area contributed by atoms with Crippen molar-refractivity contribution in [3.05, 3.63) is 52.5 Å². The standard InChI is InChI=1S/C17H19N3OS/c1-2-6-20-12-19-15-8-13(3-4-16(15)20)10-18-17(21)9-14-5-7-22-11-14/h3-5,7-8,11-12H,2,6,9-10H2,1H3,(H,18,21). The SMILES string of the molecule is CCCn1cnc2cc(CNC(=O)Cc3ccsc3)ccc21. The molecule has 0 atom stereocenters. The van der Waals surface area contributed by atoms with Gasteiger partial charge in [0.05, 0.1) is 23.8 Å². The van der Waals surface area contributed by atoms with E-state index in [1.165, 1.54) is 0 Å². The van der Waals surface area contributed by atoms with E-state index >= 15 is 0 Å². The third-order valence-electron chi connectivity index (χ3n) is 3.58.